The first kappa shape index (κ1) is 15.3. The van der Waals surface area contributed by atoms with Gasteiger partial charge in [-0.05, 0) is 39.3 Å². The Kier molecular flexibility index (Phi) is 4.45. The number of carbonyl (C=O) groups is 1. The van der Waals surface area contributed by atoms with Crippen LogP contribution in [0.1, 0.15) is 27.2 Å². The first-order valence-corrected chi connectivity index (χ1v) is 7.07. The third-order valence-electron chi connectivity index (χ3n) is 2.99. The van der Waals surface area contributed by atoms with Gasteiger partial charge in [0.2, 0.25) is 0 Å². The number of nitrogens with zero attached hydrogens (tertiary/aromatic N) is 4. The number of aromatic nitrogens is 3. The maximum absolute atomic E-state index is 11.8. The molecule has 1 amide bonds. The summed E-state index contributed by atoms with van der Waals surface area (Å²) in [7, 11) is 1.75. The Morgan fingerprint density at radius 3 is 2.86 bits per heavy atom. The molecule has 6 heteroatoms. The van der Waals surface area contributed by atoms with Crippen molar-refractivity contribution in [3.63, 3.8) is 0 Å². The average molecular weight is 290 g/mol. The van der Waals surface area contributed by atoms with E-state index in [-0.39, 0.29) is 6.09 Å². The maximum atomic E-state index is 11.8. The largest absolute Gasteiger partial charge is 0.444 e. The number of ether oxygens (including phenoxy) is 1. The Balaban J connectivity index is 1.85. The van der Waals surface area contributed by atoms with Crippen molar-refractivity contribution < 1.29 is 9.53 Å². The number of pyridine rings is 1. The minimum Gasteiger partial charge on any atom is -0.444 e. The van der Waals surface area contributed by atoms with Gasteiger partial charge in [0.05, 0.1) is 11.8 Å². The molecule has 0 aliphatic rings. The van der Waals surface area contributed by atoms with E-state index in [0.29, 0.717) is 6.54 Å². The number of amides is 1. The molecule has 2 heterocycles. The molecule has 0 saturated heterocycles. The van der Waals surface area contributed by atoms with E-state index in [1.165, 1.54) is 0 Å². The number of imidazole rings is 1. The van der Waals surface area contributed by atoms with Gasteiger partial charge in [-0.3, -0.25) is 0 Å². The summed E-state index contributed by atoms with van der Waals surface area (Å²) in [5.41, 5.74) is 1.30. The number of hydrogen-bond acceptors (Lipinski definition) is 4. The first-order chi connectivity index (χ1) is 9.87. The van der Waals surface area contributed by atoms with E-state index in [1.807, 2.05) is 37.5 Å². The molecule has 2 aromatic heterocycles. The van der Waals surface area contributed by atoms with Crippen molar-refractivity contribution in [2.24, 2.45) is 0 Å². The van der Waals surface area contributed by atoms with E-state index in [0.717, 1.165) is 24.1 Å². The lowest BCUT2D eigenvalue weighted by Gasteiger charge is -2.24. The predicted octanol–water partition coefficient (Wildman–Crippen LogP) is 2.69. The summed E-state index contributed by atoms with van der Waals surface area (Å²) >= 11 is 0. The number of carbonyl (C=O) groups excluding carboxylic acids is 1. The van der Waals surface area contributed by atoms with Gasteiger partial charge in [0, 0.05) is 26.3 Å². The summed E-state index contributed by atoms with van der Waals surface area (Å²) in [5.74, 6) is 0. The second kappa shape index (κ2) is 6.11. The minimum atomic E-state index is -0.461. The van der Waals surface area contributed by atoms with Gasteiger partial charge in [-0.25, -0.2) is 14.8 Å². The van der Waals surface area contributed by atoms with Crippen LogP contribution in [0.15, 0.2) is 24.7 Å². The lowest BCUT2D eigenvalue weighted by Crippen LogP contribution is -2.35. The van der Waals surface area contributed by atoms with Gasteiger partial charge in [0.15, 0.2) is 5.65 Å². The predicted molar refractivity (Wildman–Crippen MR) is 81.0 cm³/mol. The molecular weight excluding hydrogens is 268 g/mol. The molecule has 2 rings (SSSR count). The molecule has 0 aliphatic carbocycles. The molecule has 0 aliphatic heterocycles. The molecule has 0 saturated carbocycles. The average Bonchev–Trinajstić information content (AvgIpc) is 2.80. The summed E-state index contributed by atoms with van der Waals surface area (Å²) in [6.07, 6.45) is 4.05. The fourth-order valence-electron chi connectivity index (χ4n) is 1.99. The Hall–Kier alpha value is -2.11. The van der Waals surface area contributed by atoms with Gasteiger partial charge >= 0.3 is 6.09 Å². The smallest absolute Gasteiger partial charge is 0.410 e. The number of rotatable bonds is 4. The summed E-state index contributed by atoms with van der Waals surface area (Å²) in [6, 6.07) is 3.89. The van der Waals surface area contributed by atoms with Gasteiger partial charge in [-0.2, -0.15) is 0 Å². The molecule has 21 heavy (non-hydrogen) atoms. The minimum absolute atomic E-state index is 0.292. The van der Waals surface area contributed by atoms with Gasteiger partial charge < -0.3 is 14.2 Å². The fraction of sp³-hybridized carbons (Fsp3) is 0.533. The molecule has 0 spiro atoms. The lowest BCUT2D eigenvalue weighted by molar-refractivity contribution is 0.0295. The highest BCUT2D eigenvalue weighted by atomic mass is 16.6. The second-order valence-electron chi connectivity index (χ2n) is 6.04. The second-order valence-corrected chi connectivity index (χ2v) is 6.04. The number of hydrogen-bond donors (Lipinski definition) is 0. The molecule has 0 aromatic carbocycles. The molecule has 2 aromatic rings. The maximum Gasteiger partial charge on any atom is 0.410 e. The molecule has 0 fully saturated rings. The van der Waals surface area contributed by atoms with Gasteiger partial charge in [-0.1, -0.05) is 0 Å². The standard InChI is InChI=1S/C15H22N4O2/c1-15(2,3)21-14(20)18(4)9-6-10-19-11-17-13-12(19)7-5-8-16-13/h5,7-8,11H,6,9-10H2,1-4H3. The van der Waals surface area contributed by atoms with Crippen molar-refractivity contribution in [3.05, 3.63) is 24.7 Å². The van der Waals surface area contributed by atoms with Crippen molar-refractivity contribution in [1.29, 1.82) is 0 Å². The van der Waals surface area contributed by atoms with Crippen molar-refractivity contribution in [2.45, 2.75) is 39.3 Å². The summed E-state index contributed by atoms with van der Waals surface area (Å²) in [5, 5.41) is 0. The zero-order chi connectivity index (χ0) is 15.5. The number of fused-ring (bicyclic) bond motifs is 1. The Bertz CT molecular complexity index is 615. The number of aryl methyl sites for hydroxylation is 1. The molecule has 0 N–H and O–H groups in total. The molecule has 6 nitrogen and oxygen atoms in total. The highest BCUT2D eigenvalue weighted by Gasteiger charge is 2.19. The monoisotopic (exact) mass is 290 g/mol. The first-order valence-electron chi connectivity index (χ1n) is 7.07. The van der Waals surface area contributed by atoms with Crippen LogP contribution in [0, 0.1) is 0 Å². The van der Waals surface area contributed by atoms with Crippen LogP contribution in [0.2, 0.25) is 0 Å². The molecule has 0 bridgehead atoms. The van der Waals surface area contributed by atoms with Crippen LogP contribution in [0.5, 0.6) is 0 Å². The summed E-state index contributed by atoms with van der Waals surface area (Å²) in [4.78, 5) is 21.9. The topological polar surface area (TPSA) is 60.2 Å². The molecular formula is C15H22N4O2. The van der Waals surface area contributed by atoms with Crippen LogP contribution in [-0.4, -0.2) is 44.7 Å². The third-order valence-corrected chi connectivity index (χ3v) is 2.99. The zero-order valence-corrected chi connectivity index (χ0v) is 13.0. The van der Waals surface area contributed by atoms with Crippen LogP contribution >= 0.6 is 0 Å². The van der Waals surface area contributed by atoms with E-state index in [4.69, 9.17) is 4.74 Å². The van der Waals surface area contributed by atoms with Gasteiger partial charge in [0.25, 0.3) is 0 Å². The summed E-state index contributed by atoms with van der Waals surface area (Å²) < 4.78 is 7.36. The quantitative estimate of drug-likeness (QED) is 0.868. The highest BCUT2D eigenvalue weighted by Crippen LogP contribution is 2.11. The van der Waals surface area contributed by atoms with E-state index in [2.05, 4.69) is 9.97 Å². The fourth-order valence-corrected chi connectivity index (χ4v) is 1.99. The molecule has 0 unspecified atom stereocenters. The third kappa shape index (κ3) is 4.18. The summed E-state index contributed by atoms with van der Waals surface area (Å²) in [6.45, 7) is 7.01. The Labute approximate surface area is 124 Å². The van der Waals surface area contributed by atoms with Crippen LogP contribution in [-0.2, 0) is 11.3 Å². The van der Waals surface area contributed by atoms with Gasteiger partial charge in [-0.15, -0.1) is 0 Å². The Morgan fingerprint density at radius 1 is 1.38 bits per heavy atom. The SMILES string of the molecule is CN(CCCn1cnc2ncccc21)C(=O)OC(C)(C)C. The molecule has 0 radical (unpaired) electrons. The van der Waals surface area contributed by atoms with Crippen LogP contribution in [0.4, 0.5) is 4.79 Å². The molecule has 114 valence electrons. The van der Waals surface area contributed by atoms with E-state index in [1.54, 1.807) is 24.5 Å². The lowest BCUT2D eigenvalue weighted by atomic mass is 10.2. The zero-order valence-electron chi connectivity index (χ0n) is 13.0. The van der Waals surface area contributed by atoms with Gasteiger partial charge in [0.1, 0.15) is 5.60 Å². The highest BCUT2D eigenvalue weighted by molar-refractivity contribution is 5.70. The van der Waals surface area contributed by atoms with E-state index < -0.39 is 5.60 Å². The van der Waals surface area contributed by atoms with Crippen molar-refractivity contribution >= 4 is 17.3 Å². The van der Waals surface area contributed by atoms with Crippen LogP contribution in [0.25, 0.3) is 11.2 Å². The van der Waals surface area contributed by atoms with E-state index >= 15 is 0 Å². The van der Waals surface area contributed by atoms with Crippen molar-refractivity contribution in [2.75, 3.05) is 13.6 Å². The Morgan fingerprint density at radius 2 is 2.14 bits per heavy atom. The van der Waals surface area contributed by atoms with Crippen LogP contribution < -0.4 is 0 Å². The normalized spacial score (nSPS) is 11.6. The van der Waals surface area contributed by atoms with Crippen LogP contribution in [0.3, 0.4) is 0 Å². The van der Waals surface area contributed by atoms with E-state index in [9.17, 15) is 4.79 Å². The molecule has 0 atom stereocenters. The van der Waals surface area contributed by atoms with Crippen molar-refractivity contribution in [3.8, 4) is 0 Å². The van der Waals surface area contributed by atoms with Crippen molar-refractivity contribution in [1.82, 2.24) is 19.4 Å².